The number of nitrogens with zero attached hydrogens (tertiary/aromatic N) is 2. The van der Waals surface area contributed by atoms with Gasteiger partial charge in [0.2, 0.25) is 0 Å². The summed E-state index contributed by atoms with van der Waals surface area (Å²) in [5.74, 6) is -2.06. The van der Waals surface area contributed by atoms with E-state index in [0.29, 0.717) is 0 Å². The van der Waals surface area contributed by atoms with Gasteiger partial charge in [-0.1, -0.05) is 6.07 Å². The number of ketones is 1. The van der Waals surface area contributed by atoms with Crippen LogP contribution in [0.2, 0.25) is 0 Å². The van der Waals surface area contributed by atoms with Gasteiger partial charge in [-0.25, -0.2) is 8.78 Å². The van der Waals surface area contributed by atoms with Crippen LogP contribution in [-0.4, -0.2) is 54.9 Å². The van der Waals surface area contributed by atoms with Gasteiger partial charge in [-0.15, -0.1) is 0 Å². The minimum Gasteiger partial charge on any atom is -0.304 e. The third-order valence-corrected chi connectivity index (χ3v) is 3.56. The van der Waals surface area contributed by atoms with Crippen molar-refractivity contribution in [3.63, 3.8) is 0 Å². The number of benzene rings is 1. The largest absolute Gasteiger partial charge is 0.304 e. The van der Waals surface area contributed by atoms with Crippen molar-refractivity contribution in [2.24, 2.45) is 0 Å². The summed E-state index contributed by atoms with van der Waals surface area (Å²) in [7, 11) is 2.02. The molecule has 1 unspecified atom stereocenters. The first-order valence-corrected chi connectivity index (χ1v) is 6.39. The molecule has 2 rings (SSSR count). The third-order valence-electron chi connectivity index (χ3n) is 3.56. The highest BCUT2D eigenvalue weighted by molar-refractivity contribution is 5.98. The van der Waals surface area contributed by atoms with Crippen molar-refractivity contribution in [1.29, 1.82) is 0 Å². The Morgan fingerprint density at radius 3 is 2.53 bits per heavy atom. The number of carbonyl (C=O) groups excluding carboxylic acids is 1. The van der Waals surface area contributed by atoms with Gasteiger partial charge >= 0.3 is 0 Å². The molecule has 104 valence electrons. The number of likely N-dealkylation sites (N-methyl/N-ethyl adjacent to an activating group) is 1. The molecule has 19 heavy (non-hydrogen) atoms. The minimum absolute atomic E-state index is 0.0624. The Hall–Kier alpha value is -1.33. The summed E-state index contributed by atoms with van der Waals surface area (Å²) in [6.45, 7) is 4.53. The van der Waals surface area contributed by atoms with Crippen molar-refractivity contribution in [2.45, 2.75) is 13.0 Å². The molecule has 1 aliphatic rings. The predicted molar refractivity (Wildman–Crippen MR) is 69.2 cm³/mol. The first-order valence-electron chi connectivity index (χ1n) is 6.39. The zero-order valence-electron chi connectivity index (χ0n) is 11.2. The molecule has 1 aromatic rings. The van der Waals surface area contributed by atoms with Gasteiger partial charge in [-0.05, 0) is 26.1 Å². The van der Waals surface area contributed by atoms with Crippen molar-refractivity contribution in [3.05, 3.63) is 35.4 Å². The molecule has 5 heteroatoms. The van der Waals surface area contributed by atoms with Crippen LogP contribution in [0.25, 0.3) is 0 Å². The molecule has 1 aliphatic heterocycles. The molecule has 0 aromatic heterocycles. The predicted octanol–water partition coefficient (Wildman–Crippen LogP) is 1.78. The molecule has 0 N–H and O–H groups in total. The van der Waals surface area contributed by atoms with E-state index in [0.717, 1.165) is 31.8 Å². The highest BCUT2D eigenvalue weighted by atomic mass is 19.1. The number of hydrogen-bond donors (Lipinski definition) is 0. The van der Waals surface area contributed by atoms with Crippen molar-refractivity contribution < 1.29 is 13.6 Å². The first kappa shape index (κ1) is 14.1. The molecule has 0 amide bonds. The fourth-order valence-electron chi connectivity index (χ4n) is 2.44. The lowest BCUT2D eigenvalue weighted by Gasteiger charge is -2.37. The van der Waals surface area contributed by atoms with Crippen LogP contribution in [0.15, 0.2) is 18.2 Å². The van der Waals surface area contributed by atoms with E-state index in [-0.39, 0.29) is 12.6 Å². The van der Waals surface area contributed by atoms with E-state index in [1.807, 2.05) is 18.9 Å². The lowest BCUT2D eigenvalue weighted by atomic mass is 10.1. The Labute approximate surface area is 111 Å². The summed E-state index contributed by atoms with van der Waals surface area (Å²) in [6, 6.07) is 3.70. The third kappa shape index (κ3) is 3.16. The normalized spacial score (nSPS) is 21.6. The van der Waals surface area contributed by atoms with Crippen LogP contribution in [-0.2, 0) is 0 Å². The fraction of sp³-hybridized carbons (Fsp3) is 0.500. The molecule has 1 heterocycles. The topological polar surface area (TPSA) is 23.6 Å². The summed E-state index contributed by atoms with van der Waals surface area (Å²) in [6.07, 6.45) is 0. The Balaban J connectivity index is 2.09. The molecule has 0 bridgehead atoms. The second-order valence-electron chi connectivity index (χ2n) is 5.10. The van der Waals surface area contributed by atoms with Crippen LogP contribution in [0.4, 0.5) is 8.78 Å². The molecule has 1 atom stereocenters. The zero-order valence-corrected chi connectivity index (χ0v) is 11.2. The maximum atomic E-state index is 13.5. The molecule has 3 nitrogen and oxygen atoms in total. The summed E-state index contributed by atoms with van der Waals surface area (Å²) in [5.41, 5.74) is -0.423. The van der Waals surface area contributed by atoms with E-state index in [1.165, 1.54) is 6.07 Å². The number of halogens is 2. The Kier molecular flexibility index (Phi) is 4.27. The highest BCUT2D eigenvalue weighted by Gasteiger charge is 2.25. The van der Waals surface area contributed by atoms with Crippen LogP contribution in [0, 0.1) is 11.6 Å². The van der Waals surface area contributed by atoms with Gasteiger partial charge in [0.05, 0.1) is 12.1 Å². The number of piperazine rings is 1. The van der Waals surface area contributed by atoms with E-state index in [9.17, 15) is 13.6 Å². The van der Waals surface area contributed by atoms with Gasteiger partial charge in [0.15, 0.2) is 5.78 Å². The van der Waals surface area contributed by atoms with Gasteiger partial charge < -0.3 is 4.90 Å². The van der Waals surface area contributed by atoms with E-state index < -0.39 is 23.0 Å². The first-order chi connectivity index (χ1) is 8.99. The molecule has 0 spiro atoms. The van der Waals surface area contributed by atoms with E-state index in [2.05, 4.69) is 4.90 Å². The van der Waals surface area contributed by atoms with Gasteiger partial charge in [-0.2, -0.15) is 0 Å². The Morgan fingerprint density at radius 2 is 1.95 bits per heavy atom. The number of hydrogen-bond acceptors (Lipinski definition) is 3. The summed E-state index contributed by atoms with van der Waals surface area (Å²) in [5, 5.41) is 0. The van der Waals surface area contributed by atoms with Crippen molar-refractivity contribution in [2.75, 3.05) is 33.2 Å². The quantitative estimate of drug-likeness (QED) is 0.781. The van der Waals surface area contributed by atoms with Gasteiger partial charge in [0.1, 0.15) is 11.6 Å². The minimum atomic E-state index is -0.785. The van der Waals surface area contributed by atoms with Crippen LogP contribution in [0.5, 0.6) is 0 Å². The van der Waals surface area contributed by atoms with Crippen molar-refractivity contribution in [1.82, 2.24) is 9.80 Å². The van der Waals surface area contributed by atoms with E-state index in [4.69, 9.17) is 0 Å². The molecular weight excluding hydrogens is 250 g/mol. The number of carbonyl (C=O) groups is 1. The molecule has 0 radical (unpaired) electrons. The van der Waals surface area contributed by atoms with Crippen molar-refractivity contribution in [3.8, 4) is 0 Å². The SMILES string of the molecule is CC1CN(C)CCN1CC(=O)c1c(F)cccc1F. The monoisotopic (exact) mass is 268 g/mol. The standard InChI is InChI=1S/C14H18F2N2O/c1-10-8-17(2)6-7-18(10)9-13(19)14-11(15)4-3-5-12(14)16/h3-5,10H,6-9H2,1-2H3. The van der Waals surface area contributed by atoms with Gasteiger partial charge in [0, 0.05) is 25.7 Å². The van der Waals surface area contributed by atoms with Gasteiger partial charge in [0.25, 0.3) is 0 Å². The summed E-state index contributed by atoms with van der Waals surface area (Å²) in [4.78, 5) is 16.2. The zero-order chi connectivity index (χ0) is 14.0. The van der Waals surface area contributed by atoms with Gasteiger partial charge in [-0.3, -0.25) is 9.69 Å². The second kappa shape index (κ2) is 5.75. The van der Waals surface area contributed by atoms with Crippen molar-refractivity contribution >= 4 is 5.78 Å². The highest BCUT2D eigenvalue weighted by Crippen LogP contribution is 2.15. The van der Waals surface area contributed by atoms with E-state index >= 15 is 0 Å². The Bertz CT molecular complexity index is 458. The smallest absolute Gasteiger partial charge is 0.182 e. The second-order valence-corrected chi connectivity index (χ2v) is 5.10. The van der Waals surface area contributed by atoms with Crippen LogP contribution < -0.4 is 0 Å². The van der Waals surface area contributed by atoms with Crippen LogP contribution in [0.3, 0.4) is 0 Å². The average molecular weight is 268 g/mol. The number of Topliss-reactive ketones (excluding diaryl/α,β-unsaturated/α-hetero) is 1. The molecule has 1 aromatic carbocycles. The van der Waals surface area contributed by atoms with Crippen LogP contribution >= 0.6 is 0 Å². The maximum absolute atomic E-state index is 13.5. The van der Waals surface area contributed by atoms with E-state index in [1.54, 1.807) is 0 Å². The molecule has 1 fully saturated rings. The molecule has 1 saturated heterocycles. The fourth-order valence-corrected chi connectivity index (χ4v) is 2.44. The molecular formula is C14H18F2N2O. The number of rotatable bonds is 3. The summed E-state index contributed by atoms with van der Waals surface area (Å²) >= 11 is 0. The maximum Gasteiger partial charge on any atom is 0.182 e. The molecule has 0 saturated carbocycles. The average Bonchev–Trinajstić information content (AvgIpc) is 2.32. The summed E-state index contributed by atoms with van der Waals surface area (Å²) < 4.78 is 27.1. The Morgan fingerprint density at radius 1 is 1.32 bits per heavy atom. The molecule has 0 aliphatic carbocycles. The lowest BCUT2D eigenvalue weighted by molar-refractivity contribution is 0.0741. The lowest BCUT2D eigenvalue weighted by Crippen LogP contribution is -2.51. The van der Waals surface area contributed by atoms with Crippen LogP contribution in [0.1, 0.15) is 17.3 Å².